The van der Waals surface area contributed by atoms with Crippen LogP contribution in [0.25, 0.3) is 11.3 Å². The van der Waals surface area contributed by atoms with Crippen molar-refractivity contribution in [2.75, 3.05) is 13.1 Å². The minimum atomic E-state index is -0.0535. The van der Waals surface area contributed by atoms with Crippen LogP contribution in [0.2, 0.25) is 5.02 Å². The molecule has 0 N–H and O–H groups in total. The van der Waals surface area contributed by atoms with Crippen LogP contribution >= 0.6 is 11.6 Å². The molecule has 1 amide bonds. The van der Waals surface area contributed by atoms with Crippen LogP contribution in [-0.4, -0.2) is 34.7 Å². The molecule has 2 aromatic rings. The maximum absolute atomic E-state index is 12.8. The van der Waals surface area contributed by atoms with Crippen LogP contribution in [0.5, 0.6) is 0 Å². The highest BCUT2D eigenvalue weighted by Gasteiger charge is 2.29. The highest BCUT2D eigenvalue weighted by atomic mass is 35.5. The highest BCUT2D eigenvalue weighted by Crippen LogP contribution is 2.24. The third-order valence-corrected chi connectivity index (χ3v) is 5.14. The van der Waals surface area contributed by atoms with Crippen LogP contribution < -0.4 is 0 Å². The molecule has 4 nitrogen and oxygen atoms in total. The largest absolute Gasteiger partial charge is 0.338 e. The van der Waals surface area contributed by atoms with Crippen molar-refractivity contribution < 1.29 is 9.59 Å². The molecule has 1 aromatic carbocycles. The van der Waals surface area contributed by atoms with Gasteiger partial charge in [-0.05, 0) is 43.0 Å². The van der Waals surface area contributed by atoms with E-state index in [0.717, 1.165) is 24.1 Å². The lowest BCUT2D eigenvalue weighted by Crippen LogP contribution is -2.42. The Balaban J connectivity index is 1.69. The highest BCUT2D eigenvalue weighted by molar-refractivity contribution is 6.30. The molecule has 0 radical (unpaired) electrons. The van der Waals surface area contributed by atoms with Gasteiger partial charge in [-0.1, -0.05) is 37.6 Å². The van der Waals surface area contributed by atoms with Gasteiger partial charge >= 0.3 is 0 Å². The molecule has 1 fully saturated rings. The quantitative estimate of drug-likeness (QED) is 0.738. The zero-order valence-electron chi connectivity index (χ0n) is 15.8. The second-order valence-electron chi connectivity index (χ2n) is 7.60. The Morgan fingerprint density at radius 1 is 1.26 bits per heavy atom. The summed E-state index contributed by atoms with van der Waals surface area (Å²) in [6.45, 7) is 5.31. The first-order chi connectivity index (χ1) is 12.9. The molecule has 3 rings (SSSR count). The van der Waals surface area contributed by atoms with Crippen LogP contribution in [0.3, 0.4) is 0 Å². The van der Waals surface area contributed by atoms with Crippen LogP contribution in [-0.2, 0) is 4.79 Å². The number of piperidine rings is 1. The van der Waals surface area contributed by atoms with Crippen LogP contribution in [0.1, 0.15) is 43.5 Å². The van der Waals surface area contributed by atoms with E-state index in [1.54, 1.807) is 17.2 Å². The van der Waals surface area contributed by atoms with Crippen molar-refractivity contribution >= 4 is 23.3 Å². The Labute approximate surface area is 165 Å². The molecule has 1 saturated heterocycles. The summed E-state index contributed by atoms with van der Waals surface area (Å²) in [6, 6.07) is 11.1. The lowest BCUT2D eigenvalue weighted by Gasteiger charge is -2.32. The fraction of sp³-hybridized carbons (Fsp3) is 0.409. The van der Waals surface area contributed by atoms with E-state index in [9.17, 15) is 9.59 Å². The molecule has 0 bridgehead atoms. The number of hydrogen-bond donors (Lipinski definition) is 0. The van der Waals surface area contributed by atoms with Gasteiger partial charge in [-0.3, -0.25) is 14.6 Å². The van der Waals surface area contributed by atoms with Crippen molar-refractivity contribution in [2.45, 2.75) is 33.1 Å². The summed E-state index contributed by atoms with van der Waals surface area (Å²) in [5.41, 5.74) is 2.24. The molecule has 1 aromatic heterocycles. The van der Waals surface area contributed by atoms with Crippen molar-refractivity contribution in [2.24, 2.45) is 11.8 Å². The predicted octanol–water partition coefficient (Wildman–Crippen LogP) is 4.87. The first-order valence-corrected chi connectivity index (χ1v) is 9.86. The number of pyridine rings is 1. The van der Waals surface area contributed by atoms with Crippen molar-refractivity contribution in [1.29, 1.82) is 0 Å². The van der Waals surface area contributed by atoms with E-state index in [1.165, 1.54) is 0 Å². The van der Waals surface area contributed by atoms with Crippen molar-refractivity contribution in [3.63, 3.8) is 0 Å². The van der Waals surface area contributed by atoms with Gasteiger partial charge in [0.15, 0.2) is 0 Å². The van der Waals surface area contributed by atoms with E-state index in [0.29, 0.717) is 36.0 Å². The molecule has 1 atom stereocenters. The lowest BCUT2D eigenvalue weighted by molar-refractivity contribution is -0.124. The third-order valence-electron chi connectivity index (χ3n) is 4.90. The van der Waals surface area contributed by atoms with Gasteiger partial charge in [0, 0.05) is 42.2 Å². The van der Waals surface area contributed by atoms with Crippen LogP contribution in [0.4, 0.5) is 0 Å². The molecule has 142 valence electrons. The number of halogens is 1. The molecule has 0 aliphatic carbocycles. The molecule has 0 spiro atoms. The summed E-state index contributed by atoms with van der Waals surface area (Å²) < 4.78 is 0. The van der Waals surface area contributed by atoms with E-state index >= 15 is 0 Å². The van der Waals surface area contributed by atoms with Gasteiger partial charge in [0.05, 0.1) is 11.3 Å². The second-order valence-corrected chi connectivity index (χ2v) is 8.03. The lowest BCUT2D eigenvalue weighted by atomic mass is 9.89. The van der Waals surface area contributed by atoms with Crippen molar-refractivity contribution in [1.82, 2.24) is 9.88 Å². The Morgan fingerprint density at radius 2 is 2.07 bits per heavy atom. The molecule has 5 heteroatoms. The fourth-order valence-electron chi connectivity index (χ4n) is 3.51. The Hall–Kier alpha value is -2.20. The zero-order valence-corrected chi connectivity index (χ0v) is 16.6. The molecular formula is C22H25ClN2O2. The van der Waals surface area contributed by atoms with Gasteiger partial charge in [0.25, 0.3) is 5.91 Å². The van der Waals surface area contributed by atoms with Gasteiger partial charge in [-0.15, -0.1) is 0 Å². The number of carbonyl (C=O) groups is 2. The maximum atomic E-state index is 12.8. The number of amides is 1. The number of aromatic nitrogens is 1. The summed E-state index contributed by atoms with van der Waals surface area (Å²) in [6.07, 6.45) is 3.94. The summed E-state index contributed by atoms with van der Waals surface area (Å²) >= 11 is 6.03. The van der Waals surface area contributed by atoms with Gasteiger partial charge < -0.3 is 4.90 Å². The number of carbonyl (C=O) groups excluding carboxylic acids is 2. The summed E-state index contributed by atoms with van der Waals surface area (Å²) in [5.74, 6) is 0.537. The molecular weight excluding hydrogens is 360 g/mol. The number of likely N-dealkylation sites (tertiary alicyclic amines) is 1. The first-order valence-electron chi connectivity index (χ1n) is 9.48. The number of benzene rings is 1. The van der Waals surface area contributed by atoms with Gasteiger partial charge in [0.1, 0.15) is 5.78 Å². The number of ketones is 1. The second kappa shape index (κ2) is 8.66. The van der Waals surface area contributed by atoms with Crippen molar-refractivity contribution in [3.8, 4) is 11.3 Å². The molecule has 27 heavy (non-hydrogen) atoms. The topological polar surface area (TPSA) is 50.3 Å². The summed E-state index contributed by atoms with van der Waals surface area (Å²) in [5, 5.41) is 0.653. The van der Waals surface area contributed by atoms with E-state index in [4.69, 9.17) is 11.6 Å². The van der Waals surface area contributed by atoms with Gasteiger partial charge in [-0.25, -0.2) is 0 Å². The smallest absolute Gasteiger partial charge is 0.255 e. The number of nitrogens with zero attached hydrogens (tertiary/aromatic N) is 2. The van der Waals surface area contributed by atoms with E-state index < -0.39 is 0 Å². The van der Waals surface area contributed by atoms with Crippen molar-refractivity contribution in [3.05, 3.63) is 53.2 Å². The molecule has 1 aliphatic heterocycles. The average molecular weight is 385 g/mol. The summed E-state index contributed by atoms with van der Waals surface area (Å²) in [7, 11) is 0. The predicted molar refractivity (Wildman–Crippen MR) is 108 cm³/mol. The molecule has 0 saturated carbocycles. The number of hydrogen-bond acceptors (Lipinski definition) is 3. The Morgan fingerprint density at radius 3 is 2.74 bits per heavy atom. The standard InChI is InChI=1S/C22H25ClN2O2/c1-15(2)11-21(26)18-6-4-10-25(14-18)22(27)17-8-9-20(24-13-17)16-5-3-7-19(23)12-16/h3,5,7-9,12-13,15,18H,4,6,10-11,14H2,1-2H3. The first kappa shape index (κ1) is 19.6. The molecule has 1 aliphatic rings. The van der Waals surface area contributed by atoms with Gasteiger partial charge in [-0.2, -0.15) is 0 Å². The minimum absolute atomic E-state index is 0.0382. The Kier molecular flexibility index (Phi) is 6.27. The minimum Gasteiger partial charge on any atom is -0.338 e. The Bertz CT molecular complexity index is 817. The van der Waals surface area contributed by atoms with Crippen LogP contribution in [0.15, 0.2) is 42.6 Å². The number of Topliss-reactive ketones (excluding diaryl/α,β-unsaturated/α-hetero) is 1. The van der Waals surface area contributed by atoms with E-state index in [1.807, 2.05) is 30.3 Å². The van der Waals surface area contributed by atoms with E-state index in [2.05, 4.69) is 18.8 Å². The summed E-state index contributed by atoms with van der Waals surface area (Å²) in [4.78, 5) is 31.4. The molecule has 1 unspecified atom stereocenters. The number of rotatable bonds is 5. The zero-order chi connectivity index (χ0) is 19.4. The van der Waals surface area contributed by atoms with Crippen LogP contribution in [0, 0.1) is 11.8 Å². The fourth-order valence-corrected chi connectivity index (χ4v) is 3.71. The average Bonchev–Trinajstić information content (AvgIpc) is 2.67. The third kappa shape index (κ3) is 4.95. The normalized spacial score (nSPS) is 17.2. The monoisotopic (exact) mass is 384 g/mol. The van der Waals surface area contributed by atoms with E-state index in [-0.39, 0.29) is 17.6 Å². The van der Waals surface area contributed by atoms with Gasteiger partial charge in [0.2, 0.25) is 0 Å². The maximum Gasteiger partial charge on any atom is 0.255 e. The SMILES string of the molecule is CC(C)CC(=O)C1CCCN(C(=O)c2ccc(-c3cccc(Cl)c3)nc2)C1. The molecule has 2 heterocycles.